The Bertz CT molecular complexity index is 167. The first kappa shape index (κ1) is 4.97. The van der Waals surface area contributed by atoms with E-state index in [2.05, 4.69) is 5.32 Å². The standard InChI is InChI=1S/C6H7NO2/c8-5-3-1-2-4(3)6(9)7-5/h3-4H,1-2H2,(H,7,8,9)/t3-,4-/m1/s1. The van der Waals surface area contributed by atoms with Crippen LogP contribution < -0.4 is 5.32 Å². The summed E-state index contributed by atoms with van der Waals surface area (Å²) in [7, 11) is 0. The molecule has 1 aliphatic carbocycles. The van der Waals surface area contributed by atoms with Gasteiger partial charge in [-0.25, -0.2) is 0 Å². The van der Waals surface area contributed by atoms with Gasteiger partial charge in [0.25, 0.3) is 0 Å². The fourth-order valence-electron chi connectivity index (χ4n) is 1.43. The van der Waals surface area contributed by atoms with Gasteiger partial charge >= 0.3 is 0 Å². The lowest BCUT2D eigenvalue weighted by Crippen LogP contribution is -2.27. The van der Waals surface area contributed by atoms with E-state index in [1.165, 1.54) is 0 Å². The summed E-state index contributed by atoms with van der Waals surface area (Å²) in [6, 6.07) is 0. The van der Waals surface area contributed by atoms with Gasteiger partial charge in [0, 0.05) is 11.8 Å². The van der Waals surface area contributed by atoms with Crippen molar-refractivity contribution in [1.29, 1.82) is 0 Å². The molecule has 0 spiro atoms. The van der Waals surface area contributed by atoms with Crippen molar-refractivity contribution < 1.29 is 9.59 Å². The molecule has 2 amide bonds. The van der Waals surface area contributed by atoms with Crippen LogP contribution in [0.4, 0.5) is 0 Å². The lowest BCUT2D eigenvalue weighted by atomic mass is 9.76. The molecule has 0 aromatic heterocycles. The Morgan fingerprint density at radius 2 is 1.56 bits per heavy atom. The van der Waals surface area contributed by atoms with Gasteiger partial charge in [-0.1, -0.05) is 0 Å². The molecule has 1 N–H and O–H groups in total. The molecule has 0 aromatic rings. The van der Waals surface area contributed by atoms with Gasteiger partial charge in [-0.3, -0.25) is 14.9 Å². The summed E-state index contributed by atoms with van der Waals surface area (Å²) in [4.78, 5) is 21.4. The molecule has 2 atom stereocenters. The van der Waals surface area contributed by atoms with E-state index in [9.17, 15) is 9.59 Å². The Morgan fingerprint density at radius 1 is 1.11 bits per heavy atom. The molecule has 2 aliphatic rings. The van der Waals surface area contributed by atoms with Crippen molar-refractivity contribution in [2.24, 2.45) is 11.8 Å². The lowest BCUT2D eigenvalue weighted by Gasteiger charge is -2.24. The minimum atomic E-state index is -0.0590. The second-order valence-electron chi connectivity index (χ2n) is 2.64. The monoisotopic (exact) mass is 125 g/mol. The molecule has 0 aromatic carbocycles. The molecular weight excluding hydrogens is 118 g/mol. The lowest BCUT2D eigenvalue weighted by molar-refractivity contribution is -0.125. The van der Waals surface area contributed by atoms with Gasteiger partial charge in [-0.05, 0) is 12.8 Å². The molecule has 1 heterocycles. The maximum atomic E-state index is 10.7. The van der Waals surface area contributed by atoms with Crippen LogP contribution in [0, 0.1) is 11.8 Å². The summed E-state index contributed by atoms with van der Waals surface area (Å²) in [5.41, 5.74) is 0. The summed E-state index contributed by atoms with van der Waals surface area (Å²) in [6.45, 7) is 0. The van der Waals surface area contributed by atoms with Crippen LogP contribution in [-0.4, -0.2) is 11.8 Å². The van der Waals surface area contributed by atoms with Gasteiger partial charge < -0.3 is 0 Å². The van der Waals surface area contributed by atoms with E-state index in [4.69, 9.17) is 0 Å². The topological polar surface area (TPSA) is 46.2 Å². The number of rotatable bonds is 0. The summed E-state index contributed by atoms with van der Waals surface area (Å²) in [6.07, 6.45) is 1.81. The Morgan fingerprint density at radius 3 is 1.78 bits per heavy atom. The number of nitrogens with one attached hydrogen (secondary N) is 1. The zero-order valence-electron chi connectivity index (χ0n) is 4.89. The highest BCUT2D eigenvalue weighted by Gasteiger charge is 2.47. The van der Waals surface area contributed by atoms with E-state index in [0.29, 0.717) is 0 Å². The van der Waals surface area contributed by atoms with Crippen LogP contribution in [0.25, 0.3) is 0 Å². The van der Waals surface area contributed by atoms with Crippen LogP contribution in [0.15, 0.2) is 0 Å². The highest BCUT2D eigenvalue weighted by Crippen LogP contribution is 2.37. The average Bonchev–Trinajstić information content (AvgIpc) is 1.73. The van der Waals surface area contributed by atoms with Gasteiger partial charge in [-0.15, -0.1) is 0 Å². The second kappa shape index (κ2) is 1.35. The number of fused-ring (bicyclic) bond motifs is 1. The molecule has 1 saturated carbocycles. The summed E-state index contributed by atoms with van der Waals surface area (Å²) < 4.78 is 0. The summed E-state index contributed by atoms with van der Waals surface area (Å²) in [5, 5.41) is 2.30. The number of hydrogen-bond acceptors (Lipinski definition) is 2. The molecule has 9 heavy (non-hydrogen) atoms. The van der Waals surface area contributed by atoms with Crippen molar-refractivity contribution >= 4 is 11.8 Å². The first-order chi connectivity index (χ1) is 4.29. The summed E-state index contributed by atoms with van der Waals surface area (Å²) >= 11 is 0. The molecule has 2 fully saturated rings. The first-order valence-corrected chi connectivity index (χ1v) is 3.14. The Balaban J connectivity index is 2.26. The molecule has 3 nitrogen and oxygen atoms in total. The van der Waals surface area contributed by atoms with E-state index in [0.717, 1.165) is 12.8 Å². The molecular formula is C6H7NO2. The quantitative estimate of drug-likeness (QED) is 0.450. The number of amides is 2. The number of carbonyl (C=O) groups excluding carboxylic acids is 2. The fourth-order valence-corrected chi connectivity index (χ4v) is 1.43. The maximum Gasteiger partial charge on any atom is 0.230 e. The van der Waals surface area contributed by atoms with Gasteiger partial charge in [0.05, 0.1) is 0 Å². The third kappa shape index (κ3) is 0.465. The molecule has 0 unspecified atom stereocenters. The Labute approximate surface area is 52.4 Å². The van der Waals surface area contributed by atoms with E-state index < -0.39 is 0 Å². The van der Waals surface area contributed by atoms with Crippen molar-refractivity contribution in [3.63, 3.8) is 0 Å². The number of hydrogen-bond donors (Lipinski definition) is 1. The van der Waals surface area contributed by atoms with Crippen LogP contribution in [0.2, 0.25) is 0 Å². The molecule has 0 bridgehead atoms. The van der Waals surface area contributed by atoms with Gasteiger partial charge in [0.15, 0.2) is 0 Å². The van der Waals surface area contributed by atoms with Crippen molar-refractivity contribution in [2.75, 3.05) is 0 Å². The predicted octanol–water partition coefficient (Wildman–Crippen LogP) is -0.331. The Kier molecular flexibility index (Phi) is 0.743. The Hall–Kier alpha value is -0.860. The SMILES string of the molecule is O=C1NC(=O)[C@@H]2CC[C@@H]12. The molecule has 48 valence electrons. The third-order valence-electron chi connectivity index (χ3n) is 2.19. The minimum absolute atomic E-state index is 0.0394. The molecule has 3 heteroatoms. The zero-order chi connectivity index (χ0) is 6.43. The van der Waals surface area contributed by atoms with Crippen molar-refractivity contribution in [2.45, 2.75) is 12.8 Å². The second-order valence-corrected chi connectivity index (χ2v) is 2.64. The predicted molar refractivity (Wildman–Crippen MR) is 29.4 cm³/mol. The smallest absolute Gasteiger partial charge is 0.230 e. The van der Waals surface area contributed by atoms with Gasteiger partial charge in [0.2, 0.25) is 11.8 Å². The number of carbonyl (C=O) groups is 2. The van der Waals surface area contributed by atoms with Crippen molar-refractivity contribution in [3.05, 3.63) is 0 Å². The van der Waals surface area contributed by atoms with Gasteiger partial charge in [0.1, 0.15) is 0 Å². The van der Waals surface area contributed by atoms with E-state index in [1.807, 2.05) is 0 Å². The highest BCUT2D eigenvalue weighted by molar-refractivity contribution is 6.06. The van der Waals surface area contributed by atoms with E-state index in [-0.39, 0.29) is 23.7 Å². The largest absolute Gasteiger partial charge is 0.296 e. The van der Waals surface area contributed by atoms with Crippen LogP contribution in [0.3, 0.4) is 0 Å². The first-order valence-electron chi connectivity index (χ1n) is 3.14. The van der Waals surface area contributed by atoms with Crippen molar-refractivity contribution in [1.82, 2.24) is 5.32 Å². The van der Waals surface area contributed by atoms with Crippen LogP contribution in [-0.2, 0) is 9.59 Å². The molecule has 2 rings (SSSR count). The molecule has 1 saturated heterocycles. The normalized spacial score (nSPS) is 39.6. The van der Waals surface area contributed by atoms with E-state index >= 15 is 0 Å². The van der Waals surface area contributed by atoms with Crippen molar-refractivity contribution in [3.8, 4) is 0 Å². The zero-order valence-corrected chi connectivity index (χ0v) is 4.89. The minimum Gasteiger partial charge on any atom is -0.296 e. The number of imide groups is 1. The molecule has 0 radical (unpaired) electrons. The van der Waals surface area contributed by atoms with Crippen LogP contribution >= 0.6 is 0 Å². The molecule has 1 aliphatic heterocycles. The average molecular weight is 125 g/mol. The highest BCUT2D eigenvalue weighted by atomic mass is 16.2. The van der Waals surface area contributed by atoms with Gasteiger partial charge in [-0.2, -0.15) is 0 Å². The van der Waals surface area contributed by atoms with Crippen LogP contribution in [0.1, 0.15) is 12.8 Å². The van der Waals surface area contributed by atoms with E-state index in [1.54, 1.807) is 0 Å². The fraction of sp³-hybridized carbons (Fsp3) is 0.667. The maximum absolute atomic E-state index is 10.7. The van der Waals surface area contributed by atoms with Crippen LogP contribution in [0.5, 0.6) is 0 Å². The third-order valence-corrected chi connectivity index (χ3v) is 2.19. The summed E-state index contributed by atoms with van der Waals surface area (Å²) in [5.74, 6) is -0.0394.